The molecule has 3 heteroatoms. The number of hydrogen-bond donors (Lipinski definition) is 2. The summed E-state index contributed by atoms with van der Waals surface area (Å²) in [5.74, 6) is 2.74. The van der Waals surface area contributed by atoms with Crippen molar-refractivity contribution in [3.63, 3.8) is 0 Å². The highest BCUT2D eigenvalue weighted by Crippen LogP contribution is 2.18. The average Bonchev–Trinajstić information content (AvgIpc) is 2.88. The minimum atomic E-state index is -0.320. The van der Waals surface area contributed by atoms with E-state index in [1.165, 1.54) is 0 Å². The lowest BCUT2D eigenvalue weighted by molar-refractivity contribution is -0.121. The van der Waals surface area contributed by atoms with Crippen molar-refractivity contribution in [1.82, 2.24) is 10.6 Å². The van der Waals surface area contributed by atoms with E-state index in [0.29, 0.717) is 19.0 Å². The Kier molecular flexibility index (Phi) is 3.54. The Balaban J connectivity index is 2.08. The first kappa shape index (κ1) is 11.1. The van der Waals surface area contributed by atoms with Crippen LogP contribution in [0.3, 0.4) is 0 Å². The summed E-state index contributed by atoms with van der Waals surface area (Å²) in [6.45, 7) is 4.48. The smallest absolute Gasteiger partial charge is 0.221 e. The van der Waals surface area contributed by atoms with Crippen LogP contribution in [0.15, 0.2) is 0 Å². The molecule has 0 spiro atoms. The summed E-state index contributed by atoms with van der Waals surface area (Å²) in [5, 5.41) is 6.06. The largest absolute Gasteiger partial charge is 0.353 e. The molecule has 0 atom stereocenters. The number of amides is 1. The Bertz CT molecular complexity index is 249. The lowest BCUT2D eigenvalue weighted by Gasteiger charge is -2.19. The van der Waals surface area contributed by atoms with E-state index in [1.54, 1.807) is 0 Å². The van der Waals surface area contributed by atoms with Gasteiger partial charge in [0.15, 0.2) is 0 Å². The molecule has 0 bridgehead atoms. The number of terminal acetylenes is 1. The molecule has 1 aliphatic rings. The molecule has 1 saturated carbocycles. The van der Waals surface area contributed by atoms with Crippen LogP contribution in [-0.2, 0) is 4.79 Å². The Morgan fingerprint density at radius 2 is 2.21 bits per heavy atom. The van der Waals surface area contributed by atoms with E-state index in [9.17, 15) is 4.79 Å². The number of hydrogen-bond acceptors (Lipinski definition) is 2. The van der Waals surface area contributed by atoms with Crippen molar-refractivity contribution in [3.8, 4) is 12.3 Å². The summed E-state index contributed by atoms with van der Waals surface area (Å²) in [6, 6.07) is 0.447. The number of carbonyl (C=O) groups is 1. The van der Waals surface area contributed by atoms with Gasteiger partial charge in [0.2, 0.25) is 5.91 Å². The molecule has 0 aromatic rings. The molecule has 1 rings (SSSR count). The van der Waals surface area contributed by atoms with Crippen molar-refractivity contribution in [2.75, 3.05) is 6.54 Å². The maximum atomic E-state index is 11.3. The fourth-order valence-corrected chi connectivity index (χ4v) is 1.07. The third-order valence-electron chi connectivity index (χ3n) is 2.22. The SMILES string of the molecule is C#CC(C)(C)NCCC(=O)NC1CC1. The summed E-state index contributed by atoms with van der Waals surface area (Å²) in [6.07, 6.45) is 8.07. The fourth-order valence-electron chi connectivity index (χ4n) is 1.07. The molecular weight excluding hydrogens is 176 g/mol. The second-order valence-electron chi connectivity index (χ2n) is 4.29. The van der Waals surface area contributed by atoms with Gasteiger partial charge in [-0.25, -0.2) is 0 Å². The zero-order valence-corrected chi connectivity index (χ0v) is 8.89. The van der Waals surface area contributed by atoms with Crippen molar-refractivity contribution in [1.29, 1.82) is 0 Å². The van der Waals surface area contributed by atoms with E-state index in [-0.39, 0.29) is 11.4 Å². The average molecular weight is 194 g/mol. The van der Waals surface area contributed by atoms with Gasteiger partial charge in [0.05, 0.1) is 5.54 Å². The van der Waals surface area contributed by atoms with Crippen LogP contribution in [0, 0.1) is 12.3 Å². The van der Waals surface area contributed by atoms with Crippen molar-refractivity contribution in [2.45, 2.75) is 44.7 Å². The molecule has 2 N–H and O–H groups in total. The van der Waals surface area contributed by atoms with Crippen LogP contribution in [0.1, 0.15) is 33.1 Å². The van der Waals surface area contributed by atoms with Crippen LogP contribution in [0.5, 0.6) is 0 Å². The van der Waals surface area contributed by atoms with Crippen LogP contribution in [-0.4, -0.2) is 24.0 Å². The molecule has 14 heavy (non-hydrogen) atoms. The molecule has 0 aromatic heterocycles. The molecule has 0 aromatic carbocycles. The fraction of sp³-hybridized carbons (Fsp3) is 0.727. The molecule has 78 valence electrons. The van der Waals surface area contributed by atoms with Crippen LogP contribution >= 0.6 is 0 Å². The van der Waals surface area contributed by atoms with Gasteiger partial charge < -0.3 is 10.6 Å². The monoisotopic (exact) mass is 194 g/mol. The molecule has 1 fully saturated rings. The van der Waals surface area contributed by atoms with Crippen LogP contribution in [0.2, 0.25) is 0 Å². The first-order valence-corrected chi connectivity index (χ1v) is 5.06. The molecule has 1 amide bonds. The minimum Gasteiger partial charge on any atom is -0.353 e. The van der Waals surface area contributed by atoms with E-state index in [4.69, 9.17) is 6.42 Å². The number of rotatable bonds is 5. The third-order valence-corrected chi connectivity index (χ3v) is 2.22. The second kappa shape index (κ2) is 4.47. The Hall–Kier alpha value is -1.01. The predicted molar refractivity (Wildman–Crippen MR) is 56.7 cm³/mol. The highest BCUT2D eigenvalue weighted by Gasteiger charge is 2.23. The van der Waals surface area contributed by atoms with Gasteiger partial charge in [-0.15, -0.1) is 6.42 Å². The molecule has 0 heterocycles. The van der Waals surface area contributed by atoms with Crippen molar-refractivity contribution in [3.05, 3.63) is 0 Å². The molecule has 0 unspecified atom stereocenters. The summed E-state index contributed by atoms with van der Waals surface area (Å²) >= 11 is 0. The van der Waals surface area contributed by atoms with Crippen molar-refractivity contribution in [2.24, 2.45) is 0 Å². The lowest BCUT2D eigenvalue weighted by Crippen LogP contribution is -2.40. The topological polar surface area (TPSA) is 41.1 Å². The number of nitrogens with one attached hydrogen (secondary N) is 2. The van der Waals surface area contributed by atoms with Gasteiger partial charge in [0, 0.05) is 19.0 Å². The van der Waals surface area contributed by atoms with Gasteiger partial charge in [-0.1, -0.05) is 5.92 Å². The second-order valence-corrected chi connectivity index (χ2v) is 4.29. The van der Waals surface area contributed by atoms with E-state index < -0.39 is 0 Å². The maximum absolute atomic E-state index is 11.3. The van der Waals surface area contributed by atoms with E-state index in [1.807, 2.05) is 13.8 Å². The Morgan fingerprint density at radius 1 is 1.57 bits per heavy atom. The Morgan fingerprint density at radius 3 is 2.71 bits per heavy atom. The molecule has 0 aliphatic heterocycles. The quantitative estimate of drug-likeness (QED) is 0.631. The van der Waals surface area contributed by atoms with Crippen molar-refractivity contribution >= 4 is 5.91 Å². The normalized spacial score (nSPS) is 16.1. The van der Waals surface area contributed by atoms with Gasteiger partial charge in [-0.2, -0.15) is 0 Å². The highest BCUT2D eigenvalue weighted by atomic mass is 16.1. The maximum Gasteiger partial charge on any atom is 0.221 e. The first-order chi connectivity index (χ1) is 6.53. The standard InChI is InChI=1S/C11H18N2O/c1-4-11(2,3)12-8-7-10(14)13-9-5-6-9/h1,9,12H,5-8H2,2-3H3,(H,13,14). The van der Waals surface area contributed by atoms with Crippen molar-refractivity contribution < 1.29 is 4.79 Å². The minimum absolute atomic E-state index is 0.118. The molecule has 0 radical (unpaired) electrons. The molecule has 3 nitrogen and oxygen atoms in total. The van der Waals surface area contributed by atoms with Crippen LogP contribution in [0.25, 0.3) is 0 Å². The van der Waals surface area contributed by atoms with Gasteiger partial charge in [0.25, 0.3) is 0 Å². The van der Waals surface area contributed by atoms with Gasteiger partial charge in [-0.3, -0.25) is 4.79 Å². The third kappa shape index (κ3) is 4.29. The van der Waals surface area contributed by atoms with Gasteiger partial charge in [0.1, 0.15) is 0 Å². The van der Waals surface area contributed by atoms with Crippen LogP contribution < -0.4 is 10.6 Å². The highest BCUT2D eigenvalue weighted by molar-refractivity contribution is 5.76. The molecule has 0 saturated heterocycles. The lowest BCUT2D eigenvalue weighted by atomic mass is 10.1. The summed E-state index contributed by atoms with van der Waals surface area (Å²) in [4.78, 5) is 11.3. The summed E-state index contributed by atoms with van der Waals surface area (Å²) in [5.41, 5.74) is -0.320. The molecule has 1 aliphatic carbocycles. The molecular formula is C11H18N2O. The summed E-state index contributed by atoms with van der Waals surface area (Å²) in [7, 11) is 0. The van der Waals surface area contributed by atoms with Gasteiger partial charge >= 0.3 is 0 Å². The Labute approximate surface area is 85.6 Å². The summed E-state index contributed by atoms with van der Waals surface area (Å²) < 4.78 is 0. The first-order valence-electron chi connectivity index (χ1n) is 5.06. The number of carbonyl (C=O) groups excluding carboxylic acids is 1. The zero-order valence-electron chi connectivity index (χ0n) is 8.89. The van der Waals surface area contributed by atoms with Crippen LogP contribution in [0.4, 0.5) is 0 Å². The van der Waals surface area contributed by atoms with E-state index in [2.05, 4.69) is 16.6 Å². The zero-order chi connectivity index (χ0) is 10.6. The predicted octanol–water partition coefficient (Wildman–Crippen LogP) is 0.656. The van der Waals surface area contributed by atoms with Gasteiger partial charge in [-0.05, 0) is 26.7 Å². The van der Waals surface area contributed by atoms with E-state index >= 15 is 0 Å². The van der Waals surface area contributed by atoms with E-state index in [0.717, 1.165) is 12.8 Å².